The number of halogens is 2. The number of carbonyl (C=O) groups is 1. The zero-order valence-corrected chi connectivity index (χ0v) is 11.7. The van der Waals surface area contributed by atoms with Crippen molar-refractivity contribution in [1.82, 2.24) is 0 Å². The van der Waals surface area contributed by atoms with Crippen molar-refractivity contribution in [2.24, 2.45) is 11.1 Å². The lowest BCUT2D eigenvalue weighted by Gasteiger charge is -2.34. The van der Waals surface area contributed by atoms with E-state index in [9.17, 15) is 13.6 Å². The van der Waals surface area contributed by atoms with Crippen molar-refractivity contribution in [3.63, 3.8) is 0 Å². The fourth-order valence-corrected chi connectivity index (χ4v) is 2.89. The number of rotatable bonds is 3. The first-order chi connectivity index (χ1) is 9.47. The summed E-state index contributed by atoms with van der Waals surface area (Å²) >= 11 is 5.02. The van der Waals surface area contributed by atoms with Gasteiger partial charge in [-0.05, 0) is 25.0 Å². The summed E-state index contributed by atoms with van der Waals surface area (Å²) < 4.78 is 27.2. The topological polar surface area (TPSA) is 55.1 Å². The molecule has 0 aliphatic heterocycles. The van der Waals surface area contributed by atoms with Gasteiger partial charge in [0.15, 0.2) is 0 Å². The Morgan fingerprint density at radius 1 is 1.20 bits per heavy atom. The number of nitrogens with two attached hydrogens (primary N) is 1. The van der Waals surface area contributed by atoms with E-state index in [1.807, 2.05) is 0 Å². The lowest BCUT2D eigenvalue weighted by Crippen LogP contribution is -2.47. The Labute approximate surface area is 121 Å². The summed E-state index contributed by atoms with van der Waals surface area (Å²) in [4.78, 5) is 12.5. The highest BCUT2D eigenvalue weighted by molar-refractivity contribution is 7.80. The Morgan fingerprint density at radius 3 is 2.25 bits per heavy atom. The molecular formula is C14H16F2N2OS. The van der Waals surface area contributed by atoms with Gasteiger partial charge in [0.05, 0.1) is 10.4 Å². The van der Waals surface area contributed by atoms with Gasteiger partial charge in [-0.15, -0.1) is 0 Å². The third-order valence-corrected chi connectivity index (χ3v) is 4.21. The Morgan fingerprint density at radius 2 is 1.75 bits per heavy atom. The van der Waals surface area contributed by atoms with Gasteiger partial charge in [0.25, 0.3) is 0 Å². The molecule has 1 aromatic carbocycles. The molecule has 0 radical (unpaired) electrons. The molecule has 0 unspecified atom stereocenters. The van der Waals surface area contributed by atoms with Gasteiger partial charge >= 0.3 is 0 Å². The molecule has 1 aliphatic carbocycles. The molecular weight excluding hydrogens is 282 g/mol. The summed E-state index contributed by atoms with van der Waals surface area (Å²) in [5.74, 6) is -2.15. The van der Waals surface area contributed by atoms with Gasteiger partial charge in [-0.1, -0.05) is 37.5 Å². The average Bonchev–Trinajstić information content (AvgIpc) is 2.43. The molecule has 108 valence electrons. The standard InChI is InChI=1S/C14H16F2N2OS/c15-9-5-4-6-10(16)11(9)18-13(19)14(12(17)20)7-2-1-3-8-14/h4-6H,1-3,7-8H2,(H2,17,20)(H,18,19). The summed E-state index contributed by atoms with van der Waals surface area (Å²) in [5.41, 5.74) is 4.27. The van der Waals surface area contributed by atoms with Crippen LogP contribution in [0.4, 0.5) is 14.5 Å². The van der Waals surface area contributed by atoms with Gasteiger partial charge in [-0.25, -0.2) is 8.78 Å². The highest BCUT2D eigenvalue weighted by Crippen LogP contribution is 2.38. The monoisotopic (exact) mass is 298 g/mol. The third kappa shape index (κ3) is 2.65. The van der Waals surface area contributed by atoms with Gasteiger partial charge < -0.3 is 11.1 Å². The zero-order valence-electron chi connectivity index (χ0n) is 10.9. The normalized spacial score (nSPS) is 17.5. The van der Waals surface area contributed by atoms with Crippen molar-refractivity contribution in [2.75, 3.05) is 5.32 Å². The van der Waals surface area contributed by atoms with Crippen LogP contribution in [0.5, 0.6) is 0 Å². The predicted molar refractivity (Wildman–Crippen MR) is 77.3 cm³/mol. The maximum Gasteiger partial charge on any atom is 0.237 e. The molecule has 3 nitrogen and oxygen atoms in total. The van der Waals surface area contributed by atoms with Crippen LogP contribution in [0.3, 0.4) is 0 Å². The number of hydrogen-bond donors (Lipinski definition) is 2. The molecule has 0 atom stereocenters. The highest BCUT2D eigenvalue weighted by atomic mass is 32.1. The van der Waals surface area contributed by atoms with Crippen molar-refractivity contribution >= 4 is 28.8 Å². The van der Waals surface area contributed by atoms with Crippen molar-refractivity contribution in [2.45, 2.75) is 32.1 Å². The second-order valence-corrected chi connectivity index (χ2v) is 5.50. The first-order valence-electron chi connectivity index (χ1n) is 6.53. The Bertz CT molecular complexity index is 522. The van der Waals surface area contributed by atoms with E-state index in [1.165, 1.54) is 6.07 Å². The highest BCUT2D eigenvalue weighted by Gasteiger charge is 2.42. The maximum absolute atomic E-state index is 13.6. The van der Waals surface area contributed by atoms with E-state index in [1.54, 1.807) is 0 Å². The first kappa shape index (κ1) is 14.8. The fraction of sp³-hybridized carbons (Fsp3) is 0.429. The van der Waals surface area contributed by atoms with Crippen LogP contribution >= 0.6 is 12.2 Å². The number of thiocarbonyl (C=S) groups is 1. The molecule has 1 aromatic rings. The number of para-hydroxylation sites is 1. The largest absolute Gasteiger partial charge is 0.392 e. The quantitative estimate of drug-likeness (QED) is 0.843. The molecule has 0 bridgehead atoms. The molecule has 3 N–H and O–H groups in total. The third-order valence-electron chi connectivity index (χ3n) is 3.81. The smallest absolute Gasteiger partial charge is 0.237 e. The molecule has 0 saturated heterocycles. The minimum absolute atomic E-state index is 0.0893. The van der Waals surface area contributed by atoms with Crippen LogP contribution in [0.1, 0.15) is 32.1 Å². The van der Waals surface area contributed by atoms with E-state index in [0.717, 1.165) is 31.4 Å². The van der Waals surface area contributed by atoms with E-state index in [-0.39, 0.29) is 4.99 Å². The van der Waals surface area contributed by atoms with Gasteiger partial charge in [-0.3, -0.25) is 4.79 Å². The predicted octanol–water partition coefficient (Wildman–Crippen LogP) is 3.14. The molecule has 1 aliphatic rings. The molecule has 1 amide bonds. The molecule has 6 heteroatoms. The number of hydrogen-bond acceptors (Lipinski definition) is 2. The van der Waals surface area contributed by atoms with Crippen molar-refractivity contribution < 1.29 is 13.6 Å². The first-order valence-corrected chi connectivity index (χ1v) is 6.93. The van der Waals surface area contributed by atoms with E-state index in [4.69, 9.17) is 18.0 Å². The second kappa shape index (κ2) is 5.83. The van der Waals surface area contributed by atoms with E-state index < -0.39 is 28.6 Å². The minimum Gasteiger partial charge on any atom is -0.392 e. The van der Waals surface area contributed by atoms with Gasteiger partial charge in [0.1, 0.15) is 17.3 Å². The van der Waals surface area contributed by atoms with Gasteiger partial charge in [0, 0.05) is 0 Å². The molecule has 0 heterocycles. The molecule has 1 fully saturated rings. The number of benzene rings is 1. The average molecular weight is 298 g/mol. The van der Waals surface area contributed by atoms with Crippen LogP contribution in [0.15, 0.2) is 18.2 Å². The molecule has 2 rings (SSSR count). The number of amides is 1. The lowest BCUT2D eigenvalue weighted by atomic mass is 9.73. The second-order valence-electron chi connectivity index (χ2n) is 5.06. The summed E-state index contributed by atoms with van der Waals surface area (Å²) in [6.07, 6.45) is 3.69. The van der Waals surface area contributed by atoms with E-state index >= 15 is 0 Å². The maximum atomic E-state index is 13.6. The number of anilines is 1. The fourth-order valence-electron chi connectivity index (χ4n) is 2.59. The lowest BCUT2D eigenvalue weighted by molar-refractivity contribution is -0.123. The molecule has 1 saturated carbocycles. The Balaban J connectivity index is 2.28. The van der Waals surface area contributed by atoms with Crippen molar-refractivity contribution in [3.05, 3.63) is 29.8 Å². The van der Waals surface area contributed by atoms with Crippen LogP contribution in [0.2, 0.25) is 0 Å². The molecule has 0 aromatic heterocycles. The number of carbonyl (C=O) groups excluding carboxylic acids is 1. The molecule has 20 heavy (non-hydrogen) atoms. The SMILES string of the molecule is NC(=S)C1(C(=O)Nc2c(F)cccc2F)CCCCC1. The van der Waals surface area contributed by atoms with E-state index in [2.05, 4.69) is 5.32 Å². The minimum atomic E-state index is -0.998. The van der Waals surface area contributed by atoms with Crippen LogP contribution < -0.4 is 11.1 Å². The molecule has 0 spiro atoms. The van der Waals surface area contributed by atoms with Crippen LogP contribution in [-0.2, 0) is 4.79 Å². The van der Waals surface area contributed by atoms with Crippen LogP contribution in [-0.4, -0.2) is 10.9 Å². The number of nitrogens with one attached hydrogen (secondary N) is 1. The van der Waals surface area contributed by atoms with Crippen molar-refractivity contribution in [1.29, 1.82) is 0 Å². The van der Waals surface area contributed by atoms with E-state index in [0.29, 0.717) is 12.8 Å². The van der Waals surface area contributed by atoms with Gasteiger partial charge in [-0.2, -0.15) is 0 Å². The van der Waals surface area contributed by atoms with Gasteiger partial charge in [0.2, 0.25) is 5.91 Å². The van der Waals surface area contributed by atoms with Crippen LogP contribution in [0.25, 0.3) is 0 Å². The Kier molecular flexibility index (Phi) is 4.32. The Hall–Kier alpha value is -1.56. The summed E-state index contributed by atoms with van der Waals surface area (Å²) in [6, 6.07) is 3.42. The summed E-state index contributed by atoms with van der Waals surface area (Å²) in [7, 11) is 0. The zero-order chi connectivity index (χ0) is 14.8. The van der Waals surface area contributed by atoms with Crippen LogP contribution in [0, 0.1) is 17.0 Å². The summed E-state index contributed by atoms with van der Waals surface area (Å²) in [5, 5.41) is 2.31. The van der Waals surface area contributed by atoms with Crippen molar-refractivity contribution in [3.8, 4) is 0 Å². The summed E-state index contributed by atoms with van der Waals surface area (Å²) in [6.45, 7) is 0.